The molecule has 1 saturated carbocycles. The van der Waals surface area contributed by atoms with E-state index in [0.29, 0.717) is 26.1 Å². The van der Waals surface area contributed by atoms with Gasteiger partial charge in [-0.15, -0.1) is 0 Å². The summed E-state index contributed by atoms with van der Waals surface area (Å²) in [6.07, 6.45) is 2.51. The Balaban J connectivity index is 1.41. The molecular formula is C19H26FN4O4S+. The lowest BCUT2D eigenvalue weighted by atomic mass is 9.96. The molecule has 1 aromatic rings. The Bertz CT molecular complexity index is 919. The van der Waals surface area contributed by atoms with Crippen LogP contribution in [-0.2, 0) is 14.8 Å². The average molecular weight is 426 g/mol. The maximum atomic E-state index is 13.1. The van der Waals surface area contributed by atoms with Crippen molar-refractivity contribution in [2.45, 2.75) is 36.6 Å². The van der Waals surface area contributed by atoms with Gasteiger partial charge in [0.05, 0.1) is 24.5 Å². The van der Waals surface area contributed by atoms with Crippen molar-refractivity contribution in [3.63, 3.8) is 0 Å². The fraction of sp³-hybridized carbons (Fsp3) is 0.579. The van der Waals surface area contributed by atoms with E-state index >= 15 is 0 Å². The van der Waals surface area contributed by atoms with Crippen LogP contribution in [0.4, 0.5) is 9.18 Å². The first-order valence-corrected chi connectivity index (χ1v) is 11.4. The summed E-state index contributed by atoms with van der Waals surface area (Å²) in [5.41, 5.74) is -0.805. The maximum Gasteiger partial charge on any atom is 0.329 e. The van der Waals surface area contributed by atoms with E-state index in [1.165, 1.54) is 21.3 Å². The normalized spacial score (nSPS) is 29.0. The first-order chi connectivity index (χ1) is 13.7. The Morgan fingerprint density at radius 1 is 1.17 bits per heavy atom. The van der Waals surface area contributed by atoms with E-state index in [4.69, 9.17) is 0 Å². The number of urea groups is 1. The zero-order valence-corrected chi connectivity index (χ0v) is 17.2. The predicted octanol–water partition coefficient (Wildman–Crippen LogP) is -0.217. The SMILES string of the molecule is C[C@]1(C2CC2)NC(=O)N(C[NH+]2CCCN(S(=O)(=O)c3ccc(F)cc3)CC2)C1=O. The molecular weight excluding hydrogens is 399 g/mol. The summed E-state index contributed by atoms with van der Waals surface area (Å²) in [5, 5.41) is 2.84. The van der Waals surface area contributed by atoms with E-state index in [9.17, 15) is 22.4 Å². The van der Waals surface area contributed by atoms with Gasteiger partial charge in [0.1, 0.15) is 11.4 Å². The number of sulfonamides is 1. The van der Waals surface area contributed by atoms with E-state index in [-0.39, 0.29) is 36.0 Å². The molecule has 0 aromatic heterocycles. The van der Waals surface area contributed by atoms with Gasteiger partial charge in [0, 0.05) is 13.0 Å². The number of rotatable bonds is 5. The zero-order valence-electron chi connectivity index (χ0n) is 16.4. The summed E-state index contributed by atoms with van der Waals surface area (Å²) in [5.74, 6) is -0.459. The predicted molar refractivity (Wildman–Crippen MR) is 102 cm³/mol. The number of halogens is 1. The van der Waals surface area contributed by atoms with Crippen molar-refractivity contribution in [3.8, 4) is 0 Å². The van der Waals surface area contributed by atoms with Crippen molar-refractivity contribution in [1.82, 2.24) is 14.5 Å². The number of hydrogen-bond acceptors (Lipinski definition) is 4. The monoisotopic (exact) mass is 425 g/mol. The lowest BCUT2D eigenvalue weighted by Crippen LogP contribution is -3.14. The second kappa shape index (κ2) is 7.33. The van der Waals surface area contributed by atoms with Crippen molar-refractivity contribution in [2.75, 3.05) is 32.8 Å². The molecule has 2 saturated heterocycles. The number of nitrogens with zero attached hydrogens (tertiary/aromatic N) is 2. The standard InChI is InChI=1S/C19H25FN4O4S/c1-19(14-3-4-14)17(25)24(18(26)21-19)13-22-9-2-10-23(12-11-22)29(27,28)16-7-5-15(20)6-8-16/h5-8,14H,2-4,9-13H2,1H3,(H,21,26)/p+1/t19-/m1/s1. The smallest absolute Gasteiger partial charge is 0.323 e. The third kappa shape index (κ3) is 3.76. The second-order valence-corrected chi connectivity index (χ2v) is 10.2. The van der Waals surface area contributed by atoms with Gasteiger partial charge < -0.3 is 10.2 Å². The van der Waals surface area contributed by atoms with Crippen molar-refractivity contribution in [2.24, 2.45) is 5.92 Å². The summed E-state index contributed by atoms with van der Waals surface area (Å²) in [7, 11) is -3.70. The Morgan fingerprint density at radius 3 is 2.52 bits per heavy atom. The first-order valence-electron chi connectivity index (χ1n) is 9.95. The fourth-order valence-electron chi connectivity index (χ4n) is 4.20. The molecule has 4 rings (SSSR count). The van der Waals surface area contributed by atoms with Gasteiger partial charge in [-0.3, -0.25) is 4.79 Å². The second-order valence-electron chi connectivity index (χ2n) is 8.26. The molecule has 2 aliphatic heterocycles. The quantitative estimate of drug-likeness (QED) is 0.639. The number of amides is 3. The number of carbonyl (C=O) groups excluding carboxylic acids is 2. The van der Waals surface area contributed by atoms with E-state index in [0.717, 1.165) is 29.9 Å². The molecule has 1 aromatic carbocycles. The first kappa shape index (κ1) is 20.2. The maximum absolute atomic E-state index is 13.1. The van der Waals surface area contributed by atoms with E-state index in [1.807, 2.05) is 0 Å². The molecule has 3 aliphatic rings. The third-order valence-electron chi connectivity index (χ3n) is 6.18. The van der Waals surface area contributed by atoms with Crippen molar-refractivity contribution in [1.29, 1.82) is 0 Å². The Hall–Kier alpha value is -2.04. The van der Waals surface area contributed by atoms with Gasteiger partial charge in [0.2, 0.25) is 10.0 Å². The zero-order chi connectivity index (χ0) is 20.8. The summed E-state index contributed by atoms with van der Waals surface area (Å²) < 4.78 is 40.2. The highest BCUT2D eigenvalue weighted by molar-refractivity contribution is 7.89. The lowest BCUT2D eigenvalue weighted by Gasteiger charge is -2.24. The van der Waals surface area contributed by atoms with Crippen LogP contribution in [0.15, 0.2) is 29.2 Å². The van der Waals surface area contributed by atoms with Gasteiger partial charge in [-0.05, 0) is 49.9 Å². The van der Waals surface area contributed by atoms with Crippen LogP contribution in [0.2, 0.25) is 0 Å². The molecule has 158 valence electrons. The summed E-state index contributed by atoms with van der Waals surface area (Å²) in [6, 6.07) is 4.45. The van der Waals surface area contributed by atoms with Crippen molar-refractivity contribution in [3.05, 3.63) is 30.1 Å². The number of benzene rings is 1. The molecule has 29 heavy (non-hydrogen) atoms. The topological polar surface area (TPSA) is 91.2 Å². The number of quaternary nitrogens is 1. The lowest BCUT2D eigenvalue weighted by molar-refractivity contribution is -0.905. The van der Waals surface area contributed by atoms with Crippen LogP contribution in [0.3, 0.4) is 0 Å². The van der Waals surface area contributed by atoms with Gasteiger partial charge in [0.15, 0.2) is 6.67 Å². The number of nitrogens with one attached hydrogen (secondary N) is 2. The van der Waals surface area contributed by atoms with Crippen LogP contribution in [0, 0.1) is 11.7 Å². The molecule has 0 spiro atoms. The van der Waals surface area contributed by atoms with Crippen molar-refractivity contribution < 1.29 is 27.3 Å². The Labute approximate surface area is 169 Å². The molecule has 10 heteroatoms. The van der Waals surface area contributed by atoms with Crippen molar-refractivity contribution >= 4 is 22.0 Å². The highest BCUT2D eigenvalue weighted by atomic mass is 32.2. The third-order valence-corrected chi connectivity index (χ3v) is 8.09. The van der Waals surface area contributed by atoms with Gasteiger partial charge in [-0.2, -0.15) is 4.31 Å². The molecule has 3 fully saturated rings. The van der Waals surface area contributed by atoms with Crippen LogP contribution < -0.4 is 10.2 Å². The van der Waals surface area contributed by atoms with Crippen LogP contribution in [0.25, 0.3) is 0 Å². The van der Waals surface area contributed by atoms with Gasteiger partial charge in [0.25, 0.3) is 5.91 Å². The molecule has 2 atom stereocenters. The number of imide groups is 1. The summed E-state index contributed by atoms with van der Waals surface area (Å²) >= 11 is 0. The van der Waals surface area contributed by atoms with Crippen LogP contribution >= 0.6 is 0 Å². The van der Waals surface area contributed by atoms with Crippen LogP contribution in [0.1, 0.15) is 26.2 Å². The molecule has 2 N–H and O–H groups in total. The molecule has 0 radical (unpaired) electrons. The molecule has 1 unspecified atom stereocenters. The Morgan fingerprint density at radius 2 is 1.86 bits per heavy atom. The summed E-state index contributed by atoms with van der Waals surface area (Å²) in [4.78, 5) is 27.5. The summed E-state index contributed by atoms with van der Waals surface area (Å²) in [6.45, 7) is 3.79. The van der Waals surface area contributed by atoms with Crippen LogP contribution in [0.5, 0.6) is 0 Å². The minimum Gasteiger partial charge on any atom is -0.323 e. The number of carbonyl (C=O) groups is 2. The fourth-order valence-corrected chi connectivity index (χ4v) is 5.68. The molecule has 3 amide bonds. The highest BCUT2D eigenvalue weighted by Crippen LogP contribution is 2.42. The molecule has 0 bridgehead atoms. The number of hydrogen-bond donors (Lipinski definition) is 2. The van der Waals surface area contributed by atoms with E-state index < -0.39 is 21.4 Å². The van der Waals surface area contributed by atoms with Gasteiger partial charge >= 0.3 is 6.03 Å². The van der Waals surface area contributed by atoms with E-state index in [2.05, 4.69) is 5.32 Å². The average Bonchev–Trinajstić information content (AvgIpc) is 3.50. The largest absolute Gasteiger partial charge is 0.329 e. The minimum atomic E-state index is -3.70. The highest BCUT2D eigenvalue weighted by Gasteiger charge is 2.56. The van der Waals surface area contributed by atoms with Crippen LogP contribution in [-0.4, -0.2) is 67.9 Å². The molecule has 1 aliphatic carbocycles. The van der Waals surface area contributed by atoms with Gasteiger partial charge in [-0.25, -0.2) is 22.5 Å². The Kier molecular flexibility index (Phi) is 5.12. The molecule has 8 nitrogen and oxygen atoms in total. The van der Waals surface area contributed by atoms with Gasteiger partial charge in [-0.1, -0.05) is 0 Å². The van der Waals surface area contributed by atoms with E-state index in [1.54, 1.807) is 6.92 Å². The molecule has 2 heterocycles. The minimum absolute atomic E-state index is 0.0663.